The molecule has 2 aliphatic rings. The third kappa shape index (κ3) is 3.32. The van der Waals surface area contributed by atoms with E-state index in [2.05, 4.69) is 22.6 Å². The summed E-state index contributed by atoms with van der Waals surface area (Å²) in [7, 11) is 0. The number of fused-ring (bicyclic) bond motifs is 1. The van der Waals surface area contributed by atoms with E-state index in [9.17, 15) is 9.59 Å². The lowest BCUT2D eigenvalue weighted by atomic mass is 9.96. The number of rotatable bonds is 2. The van der Waals surface area contributed by atoms with Gasteiger partial charge in [0.2, 0.25) is 0 Å². The number of carbonyl (C=O) groups excluding carboxylic acids is 2. The molecule has 20 heavy (non-hydrogen) atoms. The highest BCUT2D eigenvalue weighted by Crippen LogP contribution is 2.40. The van der Waals surface area contributed by atoms with Gasteiger partial charge in [0.25, 0.3) is 0 Å². The quantitative estimate of drug-likeness (QED) is 0.523. The first-order chi connectivity index (χ1) is 9.19. The molecule has 1 saturated heterocycles. The van der Waals surface area contributed by atoms with E-state index < -0.39 is 36.0 Å². The zero-order valence-corrected chi connectivity index (χ0v) is 13.9. The minimum absolute atomic E-state index is 0.326. The Morgan fingerprint density at radius 2 is 1.80 bits per heavy atom. The average molecular weight is 396 g/mol. The van der Waals surface area contributed by atoms with Gasteiger partial charge in [-0.25, -0.2) is 0 Å². The third-order valence-electron chi connectivity index (χ3n) is 2.98. The normalized spacial score (nSPS) is 35.0. The van der Waals surface area contributed by atoms with Crippen molar-refractivity contribution in [2.75, 3.05) is 0 Å². The molecule has 0 aromatic rings. The molecule has 1 aliphatic heterocycles. The number of ether oxygens (including phenoxy) is 4. The maximum atomic E-state index is 11.3. The lowest BCUT2D eigenvalue weighted by Gasteiger charge is -2.34. The summed E-state index contributed by atoms with van der Waals surface area (Å²) in [6.07, 6.45) is -0.339. The van der Waals surface area contributed by atoms with Crippen LogP contribution in [0.15, 0.2) is 9.66 Å². The average Bonchev–Trinajstić information content (AvgIpc) is 2.56. The minimum Gasteiger partial charge on any atom is -0.455 e. The molecule has 1 aliphatic carbocycles. The Balaban J connectivity index is 2.31. The van der Waals surface area contributed by atoms with Gasteiger partial charge in [-0.1, -0.05) is 0 Å². The molecule has 1 fully saturated rings. The predicted molar refractivity (Wildman–Crippen MR) is 77.0 cm³/mol. The lowest BCUT2D eigenvalue weighted by molar-refractivity contribution is -0.184. The Labute approximate surface area is 130 Å². The van der Waals surface area contributed by atoms with Crippen LogP contribution in [0.4, 0.5) is 0 Å². The summed E-state index contributed by atoms with van der Waals surface area (Å²) in [5.74, 6) is -1.66. The number of esters is 2. The number of carbonyl (C=O) groups is 2. The van der Waals surface area contributed by atoms with Crippen molar-refractivity contribution in [3.8, 4) is 0 Å². The van der Waals surface area contributed by atoms with Crippen LogP contribution in [0.25, 0.3) is 0 Å². The van der Waals surface area contributed by atoms with Gasteiger partial charge in [0.1, 0.15) is 12.2 Å². The highest BCUT2D eigenvalue weighted by Gasteiger charge is 2.52. The second-order valence-corrected chi connectivity index (χ2v) is 6.47. The van der Waals surface area contributed by atoms with Crippen molar-refractivity contribution in [2.45, 2.75) is 57.9 Å². The number of halogens is 1. The van der Waals surface area contributed by atoms with Crippen molar-refractivity contribution < 1.29 is 28.5 Å². The fourth-order valence-electron chi connectivity index (χ4n) is 2.40. The molecule has 0 unspecified atom stereocenters. The van der Waals surface area contributed by atoms with Gasteiger partial charge in [0.15, 0.2) is 18.0 Å². The van der Waals surface area contributed by atoms with Gasteiger partial charge in [-0.15, -0.1) is 0 Å². The van der Waals surface area contributed by atoms with E-state index in [0.29, 0.717) is 0 Å². The standard InChI is InChI=1S/C13H17IO6/c1-6(15)17-10-8(14)5-9-11(12(10)18-7(2)16)20-13(3,4)19-9/h5,9-12H,1-4H3/t9-,10+,11-,12-/m1/s1. The monoisotopic (exact) mass is 396 g/mol. The van der Waals surface area contributed by atoms with E-state index in [1.54, 1.807) is 13.8 Å². The first-order valence-corrected chi connectivity index (χ1v) is 7.35. The highest BCUT2D eigenvalue weighted by atomic mass is 127. The summed E-state index contributed by atoms with van der Waals surface area (Å²) in [4.78, 5) is 22.6. The number of hydrogen-bond donors (Lipinski definition) is 0. The van der Waals surface area contributed by atoms with Crippen LogP contribution >= 0.6 is 22.6 Å². The molecule has 0 radical (unpaired) electrons. The SMILES string of the molecule is CC(=O)O[C@H]1[C@@H]2OC(C)(C)O[C@@H]2C=C(I)[C@@H]1OC(C)=O. The Kier molecular flexibility index (Phi) is 4.41. The Morgan fingerprint density at radius 1 is 1.20 bits per heavy atom. The van der Waals surface area contributed by atoms with Crippen LogP contribution in [0.5, 0.6) is 0 Å². The van der Waals surface area contributed by atoms with Gasteiger partial charge in [-0.3, -0.25) is 9.59 Å². The van der Waals surface area contributed by atoms with Gasteiger partial charge < -0.3 is 18.9 Å². The first-order valence-electron chi connectivity index (χ1n) is 6.27. The largest absolute Gasteiger partial charge is 0.455 e. The molecule has 0 N–H and O–H groups in total. The van der Waals surface area contributed by atoms with Gasteiger partial charge >= 0.3 is 11.9 Å². The molecular formula is C13H17IO6. The molecule has 0 amide bonds. The maximum Gasteiger partial charge on any atom is 0.303 e. The van der Waals surface area contributed by atoms with E-state index in [-0.39, 0.29) is 6.10 Å². The number of hydrogen-bond acceptors (Lipinski definition) is 6. The summed E-state index contributed by atoms with van der Waals surface area (Å²) < 4.78 is 22.9. The van der Waals surface area contributed by atoms with Crippen LogP contribution in [0, 0.1) is 0 Å². The van der Waals surface area contributed by atoms with Crippen LogP contribution in [0.1, 0.15) is 27.7 Å². The summed E-state index contributed by atoms with van der Waals surface area (Å²) >= 11 is 2.06. The molecular weight excluding hydrogens is 379 g/mol. The molecule has 0 saturated carbocycles. The molecule has 7 heteroatoms. The summed E-state index contributed by atoms with van der Waals surface area (Å²) in [6, 6.07) is 0. The van der Waals surface area contributed by atoms with E-state index in [0.717, 1.165) is 3.58 Å². The Morgan fingerprint density at radius 3 is 2.35 bits per heavy atom. The molecule has 0 aromatic heterocycles. The van der Waals surface area contributed by atoms with Crippen LogP contribution < -0.4 is 0 Å². The van der Waals surface area contributed by atoms with Crippen molar-refractivity contribution in [3.63, 3.8) is 0 Å². The van der Waals surface area contributed by atoms with Crippen molar-refractivity contribution in [1.82, 2.24) is 0 Å². The van der Waals surface area contributed by atoms with Crippen molar-refractivity contribution in [3.05, 3.63) is 9.66 Å². The maximum absolute atomic E-state index is 11.3. The van der Waals surface area contributed by atoms with Gasteiger partial charge in [0, 0.05) is 17.4 Å². The Bertz CT molecular complexity index is 458. The minimum atomic E-state index is -0.772. The molecule has 0 spiro atoms. The lowest BCUT2D eigenvalue weighted by Crippen LogP contribution is -2.50. The van der Waals surface area contributed by atoms with Gasteiger partial charge in [-0.2, -0.15) is 0 Å². The third-order valence-corrected chi connectivity index (χ3v) is 3.95. The fourth-order valence-corrected chi connectivity index (χ4v) is 3.24. The second-order valence-electron chi connectivity index (χ2n) is 5.22. The van der Waals surface area contributed by atoms with Gasteiger partial charge in [-0.05, 0) is 42.5 Å². The van der Waals surface area contributed by atoms with Crippen LogP contribution in [-0.2, 0) is 28.5 Å². The van der Waals surface area contributed by atoms with Crippen LogP contribution in [-0.4, -0.2) is 42.1 Å². The fraction of sp³-hybridized carbons (Fsp3) is 0.692. The molecule has 2 rings (SSSR count). The molecule has 0 bridgehead atoms. The zero-order chi connectivity index (χ0) is 15.1. The van der Waals surface area contributed by atoms with Crippen LogP contribution in [0.2, 0.25) is 0 Å². The topological polar surface area (TPSA) is 71.1 Å². The smallest absolute Gasteiger partial charge is 0.303 e. The summed E-state index contributed by atoms with van der Waals surface area (Å²) in [6.45, 7) is 6.21. The summed E-state index contributed by atoms with van der Waals surface area (Å²) in [5, 5.41) is 0. The second kappa shape index (κ2) is 5.61. The predicted octanol–water partition coefficient (Wildman–Crippen LogP) is 1.70. The molecule has 112 valence electrons. The first kappa shape index (κ1) is 15.7. The van der Waals surface area contributed by atoms with Gasteiger partial charge in [0.05, 0.1) is 0 Å². The van der Waals surface area contributed by atoms with E-state index in [4.69, 9.17) is 18.9 Å². The summed E-state index contributed by atoms with van der Waals surface area (Å²) in [5.41, 5.74) is 0. The zero-order valence-electron chi connectivity index (χ0n) is 11.7. The molecule has 4 atom stereocenters. The molecule has 0 aromatic carbocycles. The Hall–Kier alpha value is -0.670. The van der Waals surface area contributed by atoms with E-state index in [1.807, 2.05) is 6.08 Å². The molecule has 1 heterocycles. The molecule has 6 nitrogen and oxygen atoms in total. The van der Waals surface area contributed by atoms with Crippen molar-refractivity contribution in [1.29, 1.82) is 0 Å². The van der Waals surface area contributed by atoms with Crippen molar-refractivity contribution >= 4 is 34.5 Å². The van der Waals surface area contributed by atoms with E-state index in [1.165, 1.54) is 13.8 Å². The van der Waals surface area contributed by atoms with Crippen molar-refractivity contribution in [2.24, 2.45) is 0 Å². The van der Waals surface area contributed by atoms with E-state index >= 15 is 0 Å². The van der Waals surface area contributed by atoms with Crippen LogP contribution in [0.3, 0.4) is 0 Å². The highest BCUT2D eigenvalue weighted by molar-refractivity contribution is 14.1.